The molecule has 0 saturated carbocycles. The van der Waals surface area contributed by atoms with E-state index in [1.54, 1.807) is 17.8 Å². The molecule has 5 heteroatoms. The van der Waals surface area contributed by atoms with Crippen LogP contribution in [-0.2, 0) is 17.1 Å². The van der Waals surface area contributed by atoms with Gasteiger partial charge in [-0.25, -0.2) is 4.79 Å². The van der Waals surface area contributed by atoms with E-state index in [1.807, 2.05) is 66.7 Å². The fourth-order valence-electron chi connectivity index (χ4n) is 4.03. The number of anilines is 1. The van der Waals surface area contributed by atoms with Crippen molar-refractivity contribution in [3.05, 3.63) is 137 Å². The van der Waals surface area contributed by atoms with Crippen LogP contribution in [0, 0.1) is 0 Å². The first-order valence-corrected chi connectivity index (χ1v) is 11.6. The summed E-state index contributed by atoms with van der Waals surface area (Å²) in [5.74, 6) is 0.556. The van der Waals surface area contributed by atoms with E-state index < -0.39 is 10.8 Å². The van der Waals surface area contributed by atoms with E-state index in [2.05, 4.69) is 41.7 Å². The first-order valence-electron chi connectivity index (χ1n) is 10.7. The number of aliphatic hydroxyl groups is 1. The normalized spacial score (nSPS) is 11.2. The first kappa shape index (κ1) is 22.6. The second kappa shape index (κ2) is 10.4. The van der Waals surface area contributed by atoms with Gasteiger partial charge in [0.05, 0.1) is 11.4 Å². The lowest BCUT2D eigenvalue weighted by atomic mass is 9.84. The molecule has 0 unspecified atom stereocenters. The highest BCUT2D eigenvalue weighted by Crippen LogP contribution is 2.50. The smallest absolute Gasteiger partial charge is 0.409 e. The van der Waals surface area contributed by atoms with Crippen LogP contribution in [0.4, 0.5) is 10.5 Å². The molecule has 166 valence electrons. The van der Waals surface area contributed by atoms with Crippen LogP contribution in [0.5, 0.6) is 0 Å². The maximum Gasteiger partial charge on any atom is 0.409 e. The quantitative estimate of drug-likeness (QED) is 0.266. The molecule has 3 N–H and O–H groups in total. The van der Waals surface area contributed by atoms with Crippen LogP contribution in [-0.4, -0.2) is 16.3 Å². The third kappa shape index (κ3) is 4.95. The summed E-state index contributed by atoms with van der Waals surface area (Å²) in [5.41, 5.74) is 5.44. The summed E-state index contributed by atoms with van der Waals surface area (Å²) in [7, 11) is 0. The van der Waals surface area contributed by atoms with Crippen molar-refractivity contribution in [3.8, 4) is 0 Å². The van der Waals surface area contributed by atoms with E-state index in [9.17, 15) is 15.0 Å². The fourth-order valence-corrected chi connectivity index (χ4v) is 5.57. The molecule has 0 aliphatic heterocycles. The number of hydrogen-bond donors (Lipinski definition) is 3. The van der Waals surface area contributed by atoms with E-state index in [0.29, 0.717) is 17.0 Å². The van der Waals surface area contributed by atoms with Crippen LogP contribution < -0.4 is 5.32 Å². The van der Waals surface area contributed by atoms with Crippen LogP contribution in [0.3, 0.4) is 0 Å². The molecule has 4 rings (SSSR count). The van der Waals surface area contributed by atoms with Gasteiger partial charge in [0.2, 0.25) is 0 Å². The zero-order valence-electron chi connectivity index (χ0n) is 18.0. The number of rotatable bonds is 8. The second-order valence-electron chi connectivity index (χ2n) is 7.65. The average molecular weight is 456 g/mol. The molecule has 4 aromatic carbocycles. The lowest BCUT2D eigenvalue weighted by molar-refractivity contribution is 0.209. The predicted molar refractivity (Wildman–Crippen MR) is 135 cm³/mol. The van der Waals surface area contributed by atoms with Crippen molar-refractivity contribution in [1.82, 2.24) is 0 Å². The Morgan fingerprint density at radius 3 is 1.67 bits per heavy atom. The highest BCUT2D eigenvalue weighted by Gasteiger charge is 2.37. The number of benzene rings is 4. The van der Waals surface area contributed by atoms with Crippen LogP contribution in [0.25, 0.3) is 0 Å². The van der Waals surface area contributed by atoms with Crippen LogP contribution >= 0.6 is 11.8 Å². The van der Waals surface area contributed by atoms with Crippen LogP contribution in [0.1, 0.15) is 27.8 Å². The maximum absolute atomic E-state index is 11.4. The lowest BCUT2D eigenvalue weighted by Gasteiger charge is -2.35. The molecule has 33 heavy (non-hydrogen) atoms. The van der Waals surface area contributed by atoms with Gasteiger partial charge in [-0.05, 0) is 33.9 Å². The van der Waals surface area contributed by atoms with Gasteiger partial charge in [0.1, 0.15) is 0 Å². The zero-order chi connectivity index (χ0) is 23.1. The molecule has 0 aliphatic carbocycles. The summed E-state index contributed by atoms with van der Waals surface area (Å²) in [6.07, 6.45) is -1.13. The number of carboxylic acid groups (broad SMARTS) is 1. The summed E-state index contributed by atoms with van der Waals surface area (Å²) in [6.45, 7) is -0.149. The largest absolute Gasteiger partial charge is 0.465 e. The van der Waals surface area contributed by atoms with E-state index in [0.717, 1.165) is 22.3 Å². The fraction of sp³-hybridized carbons (Fsp3) is 0.107. The number of carbonyl (C=O) groups is 1. The first-order chi connectivity index (χ1) is 16.1. The van der Waals surface area contributed by atoms with E-state index >= 15 is 0 Å². The van der Waals surface area contributed by atoms with Gasteiger partial charge < -0.3 is 10.2 Å². The minimum Gasteiger partial charge on any atom is -0.465 e. The molecule has 0 bridgehead atoms. The Morgan fingerprint density at radius 2 is 1.24 bits per heavy atom. The van der Waals surface area contributed by atoms with Crippen LogP contribution in [0.2, 0.25) is 0 Å². The van der Waals surface area contributed by atoms with Gasteiger partial charge in [-0.1, -0.05) is 103 Å². The average Bonchev–Trinajstić information content (AvgIpc) is 2.87. The summed E-state index contributed by atoms with van der Waals surface area (Å²) in [5, 5.41) is 21.3. The van der Waals surface area contributed by atoms with Gasteiger partial charge in [0, 0.05) is 11.4 Å². The summed E-state index contributed by atoms with van der Waals surface area (Å²) in [6, 6.07) is 36.5. The molecular weight excluding hydrogens is 430 g/mol. The van der Waals surface area contributed by atoms with Crippen molar-refractivity contribution in [3.63, 3.8) is 0 Å². The molecule has 1 amide bonds. The molecule has 0 aromatic heterocycles. The van der Waals surface area contributed by atoms with Gasteiger partial charge in [0.15, 0.2) is 0 Å². The second-order valence-corrected chi connectivity index (χ2v) is 8.84. The number of aliphatic hydroxyl groups excluding tert-OH is 1. The summed E-state index contributed by atoms with van der Waals surface area (Å²) in [4.78, 5) is 11.4. The Hall–Kier alpha value is -3.54. The molecule has 0 fully saturated rings. The standard InChI is InChI=1S/C28H25NO3S/c30-19-21-16-17-22(26(18-21)29-27(31)32)20-33-28(23-10-4-1-5-11-23,24-12-6-2-7-13-24)25-14-8-3-9-15-25/h1-18,29-30H,19-20H2,(H,31,32). The molecule has 0 radical (unpaired) electrons. The zero-order valence-corrected chi connectivity index (χ0v) is 18.8. The van der Waals surface area contributed by atoms with Crippen molar-refractivity contribution in [2.24, 2.45) is 0 Å². The molecule has 0 spiro atoms. The number of hydrogen-bond acceptors (Lipinski definition) is 3. The van der Waals surface area contributed by atoms with Gasteiger partial charge in [-0.15, -0.1) is 11.8 Å². The number of nitrogens with one attached hydrogen (secondary N) is 1. The Morgan fingerprint density at radius 1 is 0.758 bits per heavy atom. The Bertz CT molecular complexity index is 1100. The monoisotopic (exact) mass is 455 g/mol. The summed E-state index contributed by atoms with van der Waals surface area (Å²) < 4.78 is -0.500. The van der Waals surface area contributed by atoms with Crippen molar-refractivity contribution >= 4 is 23.5 Å². The topological polar surface area (TPSA) is 69.6 Å². The van der Waals surface area contributed by atoms with Crippen molar-refractivity contribution in [1.29, 1.82) is 0 Å². The third-order valence-corrected chi connectivity index (χ3v) is 7.18. The predicted octanol–water partition coefficient (Wildman–Crippen LogP) is 6.49. The van der Waals surface area contributed by atoms with Crippen molar-refractivity contribution in [2.75, 3.05) is 5.32 Å². The van der Waals surface area contributed by atoms with E-state index in [-0.39, 0.29) is 6.61 Å². The maximum atomic E-state index is 11.4. The molecule has 4 nitrogen and oxygen atoms in total. The molecule has 0 atom stereocenters. The van der Waals surface area contributed by atoms with Gasteiger partial charge in [-0.3, -0.25) is 5.32 Å². The van der Waals surface area contributed by atoms with Gasteiger partial charge >= 0.3 is 6.09 Å². The minimum absolute atomic E-state index is 0.149. The molecule has 0 aliphatic rings. The molecular formula is C28H25NO3S. The lowest BCUT2D eigenvalue weighted by Crippen LogP contribution is -2.26. The minimum atomic E-state index is -1.13. The summed E-state index contributed by atoms with van der Waals surface area (Å²) >= 11 is 1.74. The van der Waals surface area contributed by atoms with Gasteiger partial charge in [0.25, 0.3) is 0 Å². The van der Waals surface area contributed by atoms with Crippen molar-refractivity contribution < 1.29 is 15.0 Å². The molecule has 0 heterocycles. The van der Waals surface area contributed by atoms with E-state index in [4.69, 9.17) is 0 Å². The van der Waals surface area contributed by atoms with Crippen molar-refractivity contribution in [2.45, 2.75) is 17.1 Å². The molecule has 4 aromatic rings. The van der Waals surface area contributed by atoms with Crippen LogP contribution in [0.15, 0.2) is 109 Å². The Balaban J connectivity index is 1.84. The number of amides is 1. The van der Waals surface area contributed by atoms with E-state index in [1.165, 1.54) is 0 Å². The SMILES string of the molecule is O=C(O)Nc1cc(CO)ccc1CSC(c1ccccc1)(c1ccccc1)c1ccccc1. The number of thioether (sulfide) groups is 1. The Kier molecular flexibility index (Phi) is 7.13. The highest BCUT2D eigenvalue weighted by molar-refractivity contribution is 7.99. The molecule has 0 saturated heterocycles. The van der Waals surface area contributed by atoms with Gasteiger partial charge in [-0.2, -0.15) is 0 Å². The highest BCUT2D eigenvalue weighted by atomic mass is 32.2. The Labute approximate surface area is 197 Å². The third-order valence-electron chi connectivity index (χ3n) is 5.58.